The Balaban J connectivity index is 2.56. The van der Waals surface area contributed by atoms with Crippen molar-refractivity contribution < 1.29 is 26.7 Å². The quantitative estimate of drug-likeness (QED) is 0.845. The molecule has 1 aromatic carbocycles. The molecule has 5 nitrogen and oxygen atoms in total. The summed E-state index contributed by atoms with van der Waals surface area (Å²) in [7, 11) is -3.95. The van der Waals surface area contributed by atoms with Crippen LogP contribution in [-0.4, -0.2) is 33.3 Å². The number of rotatable bonds is 2. The standard InChI is InChI=1S/C10H11F3N2O3S/c11-10(12,13)7-1-2-8-9(5-7)19(17,18)14-6-15(8)3-4-16/h1-2,5,14,16H,3-4,6H2. The molecule has 19 heavy (non-hydrogen) atoms. The fourth-order valence-corrected chi connectivity index (χ4v) is 3.05. The fraction of sp³-hybridized carbons (Fsp3) is 0.400. The Hall–Kier alpha value is -1.32. The van der Waals surface area contributed by atoms with Crippen LogP contribution in [0, 0.1) is 0 Å². The number of hydrogen-bond donors (Lipinski definition) is 2. The van der Waals surface area contributed by atoms with E-state index >= 15 is 0 Å². The summed E-state index contributed by atoms with van der Waals surface area (Å²) in [5, 5.41) is 8.86. The van der Waals surface area contributed by atoms with Gasteiger partial charge in [-0.1, -0.05) is 0 Å². The highest BCUT2D eigenvalue weighted by molar-refractivity contribution is 7.89. The highest BCUT2D eigenvalue weighted by atomic mass is 32.2. The number of alkyl halides is 3. The van der Waals surface area contributed by atoms with Gasteiger partial charge in [-0.15, -0.1) is 0 Å². The molecule has 1 aliphatic rings. The van der Waals surface area contributed by atoms with Crippen LogP contribution in [0.2, 0.25) is 0 Å². The van der Waals surface area contributed by atoms with Crippen LogP contribution in [0.4, 0.5) is 18.9 Å². The molecule has 1 aliphatic heterocycles. The van der Waals surface area contributed by atoms with E-state index in [9.17, 15) is 21.6 Å². The average Bonchev–Trinajstić information content (AvgIpc) is 2.32. The van der Waals surface area contributed by atoms with Gasteiger partial charge in [-0.05, 0) is 18.2 Å². The van der Waals surface area contributed by atoms with E-state index in [1.165, 1.54) is 4.90 Å². The largest absolute Gasteiger partial charge is 0.416 e. The number of sulfonamides is 1. The SMILES string of the molecule is O=S1(=O)NCN(CCO)c2ccc(C(F)(F)F)cc21. The van der Waals surface area contributed by atoms with Gasteiger partial charge in [0.15, 0.2) is 0 Å². The number of anilines is 1. The van der Waals surface area contributed by atoms with Gasteiger partial charge in [0.05, 0.1) is 24.5 Å². The van der Waals surface area contributed by atoms with Gasteiger partial charge >= 0.3 is 6.18 Å². The maximum atomic E-state index is 12.6. The third-order valence-corrected chi connectivity index (χ3v) is 4.15. The lowest BCUT2D eigenvalue weighted by Gasteiger charge is -2.31. The lowest BCUT2D eigenvalue weighted by molar-refractivity contribution is -0.137. The molecule has 0 aromatic heterocycles. The monoisotopic (exact) mass is 296 g/mol. The van der Waals surface area contributed by atoms with Crippen molar-refractivity contribution in [3.8, 4) is 0 Å². The minimum atomic E-state index is -4.61. The van der Waals surface area contributed by atoms with Crippen LogP contribution in [0.25, 0.3) is 0 Å². The van der Waals surface area contributed by atoms with E-state index in [0.717, 1.165) is 12.1 Å². The molecule has 0 atom stereocenters. The first-order valence-electron chi connectivity index (χ1n) is 5.32. The van der Waals surface area contributed by atoms with E-state index < -0.39 is 26.7 Å². The molecule has 106 valence electrons. The van der Waals surface area contributed by atoms with E-state index in [0.29, 0.717) is 6.07 Å². The normalized spacial score (nSPS) is 18.2. The molecule has 2 rings (SSSR count). The minimum absolute atomic E-state index is 0.0821. The highest BCUT2D eigenvalue weighted by Gasteiger charge is 2.35. The van der Waals surface area contributed by atoms with Gasteiger partial charge in [0.2, 0.25) is 10.0 Å². The van der Waals surface area contributed by atoms with E-state index in [2.05, 4.69) is 4.72 Å². The second-order valence-corrected chi connectivity index (χ2v) is 5.71. The van der Waals surface area contributed by atoms with Crippen LogP contribution in [0.3, 0.4) is 0 Å². The average molecular weight is 296 g/mol. The number of nitrogens with zero attached hydrogens (tertiary/aromatic N) is 1. The number of β-amino-alcohol motifs (C(OH)–C–C–N with tert-alkyl or cyclic N) is 1. The summed E-state index contributed by atoms with van der Waals surface area (Å²) in [5.74, 6) is 0. The maximum absolute atomic E-state index is 12.6. The van der Waals surface area contributed by atoms with Crippen molar-refractivity contribution in [2.24, 2.45) is 0 Å². The summed E-state index contributed by atoms with van der Waals surface area (Å²) in [4.78, 5) is 1.03. The molecule has 0 amide bonds. The van der Waals surface area contributed by atoms with Crippen LogP contribution in [0.5, 0.6) is 0 Å². The van der Waals surface area contributed by atoms with Crippen LogP contribution in [0.15, 0.2) is 23.1 Å². The molecular weight excluding hydrogens is 285 g/mol. The zero-order valence-electron chi connectivity index (χ0n) is 9.61. The number of nitrogens with one attached hydrogen (secondary N) is 1. The van der Waals surface area contributed by atoms with Gasteiger partial charge in [-0.25, -0.2) is 8.42 Å². The fourth-order valence-electron chi connectivity index (χ4n) is 1.81. The Morgan fingerprint density at radius 1 is 1.37 bits per heavy atom. The summed E-state index contributed by atoms with van der Waals surface area (Å²) in [5.41, 5.74) is -0.872. The summed E-state index contributed by atoms with van der Waals surface area (Å²) >= 11 is 0. The predicted molar refractivity (Wildman–Crippen MR) is 61.1 cm³/mol. The van der Waals surface area contributed by atoms with E-state index in [1.54, 1.807) is 0 Å². The van der Waals surface area contributed by atoms with Crippen LogP contribution in [0.1, 0.15) is 5.56 Å². The third-order valence-electron chi connectivity index (χ3n) is 2.73. The summed E-state index contributed by atoms with van der Waals surface area (Å²) in [6, 6.07) is 2.53. The van der Waals surface area contributed by atoms with Gasteiger partial charge in [-0.3, -0.25) is 0 Å². The van der Waals surface area contributed by atoms with Crippen molar-refractivity contribution in [2.45, 2.75) is 11.1 Å². The summed E-state index contributed by atoms with van der Waals surface area (Å²) in [6.07, 6.45) is -4.61. The Kier molecular flexibility index (Phi) is 3.45. The number of aliphatic hydroxyl groups excluding tert-OH is 1. The Bertz CT molecular complexity index is 586. The molecule has 0 saturated carbocycles. The Labute approximate surface area is 107 Å². The van der Waals surface area contributed by atoms with E-state index in [4.69, 9.17) is 5.11 Å². The molecule has 0 bridgehead atoms. The van der Waals surface area contributed by atoms with Gasteiger partial charge in [0.25, 0.3) is 0 Å². The number of aliphatic hydroxyl groups is 1. The Morgan fingerprint density at radius 3 is 2.63 bits per heavy atom. The van der Waals surface area contributed by atoms with Crippen molar-refractivity contribution in [1.82, 2.24) is 4.72 Å². The second kappa shape index (κ2) is 4.66. The number of benzene rings is 1. The van der Waals surface area contributed by atoms with Crippen molar-refractivity contribution in [2.75, 3.05) is 24.7 Å². The molecule has 1 aromatic rings. The Morgan fingerprint density at radius 2 is 2.05 bits per heavy atom. The number of halogens is 3. The molecule has 2 N–H and O–H groups in total. The molecule has 0 spiro atoms. The second-order valence-electron chi connectivity index (χ2n) is 3.97. The third kappa shape index (κ3) is 2.67. The van der Waals surface area contributed by atoms with Crippen LogP contribution in [-0.2, 0) is 16.2 Å². The van der Waals surface area contributed by atoms with Crippen molar-refractivity contribution in [3.05, 3.63) is 23.8 Å². The highest BCUT2D eigenvalue weighted by Crippen LogP contribution is 2.35. The zero-order valence-corrected chi connectivity index (χ0v) is 10.4. The van der Waals surface area contributed by atoms with Crippen LogP contribution < -0.4 is 9.62 Å². The summed E-state index contributed by atoms with van der Waals surface area (Å²) in [6.45, 7) is -0.190. The van der Waals surface area contributed by atoms with E-state index in [1.807, 2.05) is 0 Å². The molecule has 0 fully saturated rings. The first-order chi connectivity index (χ1) is 8.75. The molecule has 0 saturated heterocycles. The van der Waals surface area contributed by atoms with Crippen LogP contribution >= 0.6 is 0 Å². The predicted octanol–water partition coefficient (Wildman–Crippen LogP) is 0.754. The lowest BCUT2D eigenvalue weighted by Crippen LogP contribution is -2.44. The molecular formula is C10H11F3N2O3S. The minimum Gasteiger partial charge on any atom is -0.395 e. The van der Waals surface area contributed by atoms with Gasteiger partial charge < -0.3 is 10.0 Å². The molecule has 0 radical (unpaired) electrons. The molecule has 1 heterocycles. The zero-order chi connectivity index (χ0) is 14.3. The van der Waals surface area contributed by atoms with E-state index in [-0.39, 0.29) is 25.5 Å². The van der Waals surface area contributed by atoms with Gasteiger partial charge in [0, 0.05) is 6.54 Å². The molecule has 9 heteroatoms. The van der Waals surface area contributed by atoms with Gasteiger partial charge in [-0.2, -0.15) is 17.9 Å². The van der Waals surface area contributed by atoms with Gasteiger partial charge in [0.1, 0.15) is 4.90 Å². The number of fused-ring (bicyclic) bond motifs is 1. The first-order valence-corrected chi connectivity index (χ1v) is 6.81. The molecule has 0 unspecified atom stereocenters. The lowest BCUT2D eigenvalue weighted by atomic mass is 10.2. The van der Waals surface area contributed by atoms with Crippen molar-refractivity contribution in [1.29, 1.82) is 0 Å². The topological polar surface area (TPSA) is 69.6 Å². The van der Waals surface area contributed by atoms with Crippen molar-refractivity contribution >= 4 is 15.7 Å². The smallest absolute Gasteiger partial charge is 0.395 e. The first kappa shape index (κ1) is 14.1. The number of hydrogen-bond acceptors (Lipinski definition) is 4. The molecule has 0 aliphatic carbocycles. The van der Waals surface area contributed by atoms with Crippen molar-refractivity contribution in [3.63, 3.8) is 0 Å². The summed E-state index contributed by atoms with van der Waals surface area (Å²) < 4.78 is 63.4. The maximum Gasteiger partial charge on any atom is 0.416 e.